The molecule has 0 spiro atoms. The van der Waals surface area contributed by atoms with Gasteiger partial charge in [-0.05, 0) is 25.1 Å². The van der Waals surface area contributed by atoms with E-state index >= 15 is 0 Å². The normalized spacial score (nSPS) is 17.8. The summed E-state index contributed by atoms with van der Waals surface area (Å²) in [6, 6.07) is 4.10. The Bertz CT molecular complexity index is 1130. The van der Waals surface area contributed by atoms with E-state index in [2.05, 4.69) is 35.3 Å². The summed E-state index contributed by atoms with van der Waals surface area (Å²) in [7, 11) is 0. The second-order valence-electron chi connectivity index (χ2n) is 6.69. The Hall–Kier alpha value is -3.96. The molecule has 1 aromatic carbocycles. The van der Waals surface area contributed by atoms with Crippen LogP contribution in [0.25, 0.3) is 0 Å². The minimum Gasteiger partial charge on any atom is -0.445 e. The van der Waals surface area contributed by atoms with Gasteiger partial charge in [0.1, 0.15) is 28.6 Å². The first-order valence-corrected chi connectivity index (χ1v) is 8.76. The number of nitrogens with zero attached hydrogens (tertiary/aromatic N) is 6. The number of ether oxygens (including phenoxy) is 1. The number of benzene rings is 1. The summed E-state index contributed by atoms with van der Waals surface area (Å²) < 4.78 is 32.9. The molecule has 1 aliphatic heterocycles. The molecule has 30 heavy (non-hydrogen) atoms. The molecule has 10 nitrogen and oxygen atoms in total. The van der Waals surface area contributed by atoms with Gasteiger partial charge in [-0.3, -0.25) is 9.79 Å². The summed E-state index contributed by atoms with van der Waals surface area (Å²) >= 11 is 0. The molecule has 3 heterocycles. The molecule has 4 rings (SSSR count). The van der Waals surface area contributed by atoms with Crippen molar-refractivity contribution in [1.29, 1.82) is 0 Å². The van der Waals surface area contributed by atoms with Crippen LogP contribution >= 0.6 is 0 Å². The number of hydrogen-bond acceptors (Lipinski definition) is 8. The molecular weight excluding hydrogens is 398 g/mol. The van der Waals surface area contributed by atoms with Crippen LogP contribution in [0.15, 0.2) is 41.8 Å². The van der Waals surface area contributed by atoms with E-state index in [0.29, 0.717) is 11.4 Å². The van der Waals surface area contributed by atoms with Gasteiger partial charge in [-0.2, -0.15) is 0 Å². The van der Waals surface area contributed by atoms with Crippen LogP contribution in [0.4, 0.5) is 14.5 Å². The third-order valence-electron chi connectivity index (χ3n) is 4.57. The summed E-state index contributed by atoms with van der Waals surface area (Å²) in [6.45, 7) is 0.878. The first-order valence-electron chi connectivity index (χ1n) is 8.76. The summed E-state index contributed by atoms with van der Waals surface area (Å²) in [5.41, 5.74) is 6.01. The smallest absolute Gasteiger partial charge is 0.275 e. The number of nitrogens with one attached hydrogen (secondary N) is 1. The molecule has 0 aliphatic carbocycles. The molecule has 0 bridgehead atoms. The van der Waals surface area contributed by atoms with E-state index in [0.717, 1.165) is 12.4 Å². The highest BCUT2D eigenvalue weighted by atomic mass is 19.1. The fraction of sp³-hybridized carbons (Fsp3) is 0.222. The van der Waals surface area contributed by atoms with E-state index in [9.17, 15) is 13.6 Å². The van der Waals surface area contributed by atoms with Gasteiger partial charge in [-0.25, -0.2) is 23.4 Å². The maximum Gasteiger partial charge on any atom is 0.275 e. The van der Waals surface area contributed by atoms with Crippen molar-refractivity contribution in [2.45, 2.75) is 19.0 Å². The Balaban J connectivity index is 1.59. The van der Waals surface area contributed by atoms with Crippen molar-refractivity contribution in [3.63, 3.8) is 0 Å². The number of alkyl halides is 1. The number of rotatable bonds is 5. The van der Waals surface area contributed by atoms with Crippen molar-refractivity contribution in [2.24, 2.45) is 10.7 Å². The molecule has 0 saturated heterocycles. The highest BCUT2D eigenvalue weighted by Crippen LogP contribution is 2.34. The predicted octanol–water partition coefficient (Wildman–Crippen LogP) is 1.40. The quantitative estimate of drug-likeness (QED) is 0.645. The Morgan fingerprint density at radius 3 is 2.90 bits per heavy atom. The largest absolute Gasteiger partial charge is 0.445 e. The van der Waals surface area contributed by atoms with Gasteiger partial charge in [0.2, 0.25) is 12.7 Å². The van der Waals surface area contributed by atoms with Gasteiger partial charge in [-0.1, -0.05) is 5.21 Å². The number of carbonyl (C=O) groups is 1. The predicted molar refractivity (Wildman–Crippen MR) is 101 cm³/mol. The number of aliphatic imine (C=N–C) groups is 1. The summed E-state index contributed by atoms with van der Waals surface area (Å²) in [5.74, 6) is -0.954. The number of amides is 1. The van der Waals surface area contributed by atoms with E-state index in [-0.39, 0.29) is 29.5 Å². The van der Waals surface area contributed by atoms with Crippen molar-refractivity contribution in [1.82, 2.24) is 25.0 Å². The summed E-state index contributed by atoms with van der Waals surface area (Å²) in [4.78, 5) is 24.5. The number of anilines is 1. The number of nitrogens with two attached hydrogens (primary N) is 1. The lowest BCUT2D eigenvalue weighted by Gasteiger charge is -2.31. The summed E-state index contributed by atoms with van der Waals surface area (Å²) in [5, 5.41) is 10.4. The lowest BCUT2D eigenvalue weighted by molar-refractivity contribution is 0.102. The molecule has 0 fully saturated rings. The number of halogens is 2. The first kappa shape index (κ1) is 19.4. The standard InChI is InChI=1S/C18H16F2N8O2/c1-18(8-28-14(6-24-27-28)16(21)26-18)11-4-10(2-3-12(11)20)25-17(29)13-5-23-15(7-22-13)30-9-19/h2-7H,8-9H2,1H3,(H2,21,26)(H,25,29)/t18-/m0/s1. The fourth-order valence-corrected chi connectivity index (χ4v) is 3.14. The second kappa shape index (κ2) is 7.46. The van der Waals surface area contributed by atoms with Gasteiger partial charge in [0.15, 0.2) is 0 Å². The molecule has 1 amide bonds. The lowest BCUT2D eigenvalue weighted by atomic mass is 9.90. The highest BCUT2D eigenvalue weighted by Gasteiger charge is 2.35. The number of aromatic nitrogens is 5. The van der Waals surface area contributed by atoms with Crippen LogP contribution in [-0.4, -0.2) is 43.6 Å². The van der Waals surface area contributed by atoms with E-state index in [1.54, 1.807) is 11.6 Å². The Labute approximate surface area is 168 Å². The Kier molecular flexibility index (Phi) is 4.82. The van der Waals surface area contributed by atoms with E-state index < -0.39 is 24.1 Å². The number of carbonyl (C=O) groups excluding carboxylic acids is 1. The average Bonchev–Trinajstić information content (AvgIpc) is 3.19. The third-order valence-corrected chi connectivity index (χ3v) is 4.57. The van der Waals surface area contributed by atoms with Gasteiger partial charge in [0, 0.05) is 11.3 Å². The zero-order valence-corrected chi connectivity index (χ0v) is 15.7. The van der Waals surface area contributed by atoms with Gasteiger partial charge >= 0.3 is 0 Å². The molecule has 1 atom stereocenters. The molecule has 154 valence electrons. The molecule has 0 unspecified atom stereocenters. The zero-order valence-electron chi connectivity index (χ0n) is 15.7. The molecule has 2 aromatic heterocycles. The monoisotopic (exact) mass is 414 g/mol. The SMILES string of the molecule is C[C@@]1(c2cc(NC(=O)c3cnc(OCF)cn3)ccc2F)Cn2nncc2C(N)=N1. The zero-order chi connectivity index (χ0) is 21.3. The number of fused-ring (bicyclic) bond motifs is 1. The van der Waals surface area contributed by atoms with Crippen LogP contribution in [-0.2, 0) is 12.1 Å². The molecule has 3 aromatic rings. The van der Waals surface area contributed by atoms with Crippen molar-refractivity contribution in [3.8, 4) is 5.88 Å². The van der Waals surface area contributed by atoms with Crippen LogP contribution in [0.1, 0.15) is 28.7 Å². The van der Waals surface area contributed by atoms with Gasteiger partial charge < -0.3 is 15.8 Å². The fourth-order valence-electron chi connectivity index (χ4n) is 3.14. The molecule has 0 radical (unpaired) electrons. The molecule has 0 saturated carbocycles. The second-order valence-corrected chi connectivity index (χ2v) is 6.69. The van der Waals surface area contributed by atoms with Crippen LogP contribution in [0.3, 0.4) is 0 Å². The van der Waals surface area contributed by atoms with Crippen LogP contribution in [0.5, 0.6) is 5.88 Å². The summed E-state index contributed by atoms with van der Waals surface area (Å²) in [6.07, 6.45) is 3.75. The minimum absolute atomic E-state index is 0.0227. The first-order chi connectivity index (χ1) is 14.4. The van der Waals surface area contributed by atoms with E-state index in [1.807, 2.05) is 0 Å². The molecule has 1 aliphatic rings. The van der Waals surface area contributed by atoms with Crippen LogP contribution in [0, 0.1) is 5.82 Å². The highest BCUT2D eigenvalue weighted by molar-refractivity contribution is 6.02. The molecular formula is C18H16F2N8O2. The van der Waals surface area contributed by atoms with E-state index in [1.165, 1.54) is 24.4 Å². The molecule has 3 N–H and O–H groups in total. The van der Waals surface area contributed by atoms with Crippen molar-refractivity contribution >= 4 is 17.4 Å². The van der Waals surface area contributed by atoms with Gasteiger partial charge in [0.05, 0.1) is 25.1 Å². The lowest BCUT2D eigenvalue weighted by Crippen LogP contribution is -2.38. The third kappa shape index (κ3) is 3.54. The Morgan fingerprint density at radius 2 is 2.17 bits per heavy atom. The van der Waals surface area contributed by atoms with Crippen LogP contribution < -0.4 is 15.8 Å². The Morgan fingerprint density at radius 1 is 1.33 bits per heavy atom. The van der Waals surface area contributed by atoms with Gasteiger partial charge in [-0.15, -0.1) is 5.10 Å². The maximum absolute atomic E-state index is 14.7. The van der Waals surface area contributed by atoms with Gasteiger partial charge in [0.25, 0.3) is 5.91 Å². The minimum atomic E-state index is -1.06. The number of hydrogen-bond donors (Lipinski definition) is 2. The van der Waals surface area contributed by atoms with Crippen molar-refractivity contribution in [2.75, 3.05) is 12.2 Å². The molecule has 12 heteroatoms. The van der Waals surface area contributed by atoms with Crippen molar-refractivity contribution < 1.29 is 18.3 Å². The maximum atomic E-state index is 14.7. The van der Waals surface area contributed by atoms with Crippen molar-refractivity contribution in [3.05, 3.63) is 59.6 Å². The topological polar surface area (TPSA) is 133 Å². The average molecular weight is 414 g/mol. The van der Waals surface area contributed by atoms with Crippen LogP contribution in [0.2, 0.25) is 0 Å². The van der Waals surface area contributed by atoms with E-state index in [4.69, 9.17) is 5.73 Å². The number of amidine groups is 1.